The second-order valence-electron chi connectivity index (χ2n) is 7.94. The average Bonchev–Trinajstić information content (AvgIpc) is 2.72. The zero-order chi connectivity index (χ0) is 21.3. The SMILES string of the molecule is O=C(OCc1ccccc1)N1C2COCC1CC(O)(Cc1ccc(F)c(F)c1F)C2. The van der Waals surface area contributed by atoms with Crippen LogP contribution >= 0.6 is 0 Å². The molecule has 8 heteroatoms. The summed E-state index contributed by atoms with van der Waals surface area (Å²) < 4.78 is 51.9. The van der Waals surface area contributed by atoms with Crippen LogP contribution in [-0.2, 0) is 22.5 Å². The number of fused-ring (bicyclic) bond motifs is 2. The zero-order valence-corrected chi connectivity index (χ0v) is 16.2. The molecule has 2 heterocycles. The van der Waals surface area contributed by atoms with Crippen LogP contribution in [0.25, 0.3) is 0 Å². The number of carbonyl (C=O) groups is 1. The molecule has 2 aliphatic rings. The third-order valence-electron chi connectivity index (χ3n) is 5.69. The maximum absolute atomic E-state index is 14.1. The fraction of sp³-hybridized carbons (Fsp3) is 0.409. The highest BCUT2D eigenvalue weighted by atomic mass is 19.2. The molecule has 4 rings (SSSR count). The minimum Gasteiger partial charge on any atom is -0.445 e. The fourth-order valence-electron chi connectivity index (χ4n) is 4.37. The number of carbonyl (C=O) groups excluding carboxylic acids is 1. The van der Waals surface area contributed by atoms with Crippen LogP contribution < -0.4 is 0 Å². The molecule has 0 saturated carbocycles. The molecule has 2 aliphatic heterocycles. The van der Waals surface area contributed by atoms with Crippen LogP contribution in [0.5, 0.6) is 0 Å². The molecule has 5 nitrogen and oxygen atoms in total. The molecule has 2 unspecified atom stereocenters. The summed E-state index contributed by atoms with van der Waals surface area (Å²) in [6.45, 7) is 0.541. The molecule has 0 aromatic heterocycles. The number of nitrogens with zero attached hydrogens (tertiary/aromatic N) is 1. The standard InChI is InChI=1S/C22H22F3NO4/c23-18-7-6-15(19(24)20(18)25)8-22(28)9-16-12-29-13-17(10-22)26(16)21(27)30-11-14-4-2-1-3-5-14/h1-7,16-17,28H,8-13H2. The van der Waals surface area contributed by atoms with Gasteiger partial charge in [0.05, 0.1) is 30.9 Å². The number of piperidine rings is 1. The molecule has 2 aromatic rings. The summed E-state index contributed by atoms with van der Waals surface area (Å²) in [4.78, 5) is 14.3. The normalized spacial score (nSPS) is 25.8. The number of benzene rings is 2. The van der Waals surface area contributed by atoms with Gasteiger partial charge in [-0.1, -0.05) is 36.4 Å². The fourth-order valence-corrected chi connectivity index (χ4v) is 4.37. The van der Waals surface area contributed by atoms with E-state index in [0.29, 0.717) is 0 Å². The van der Waals surface area contributed by atoms with E-state index in [1.165, 1.54) is 0 Å². The van der Waals surface area contributed by atoms with E-state index in [4.69, 9.17) is 9.47 Å². The second kappa shape index (κ2) is 8.28. The van der Waals surface area contributed by atoms with Crippen molar-refractivity contribution in [1.82, 2.24) is 4.90 Å². The van der Waals surface area contributed by atoms with E-state index in [-0.39, 0.29) is 44.6 Å². The van der Waals surface area contributed by atoms with Crippen LogP contribution in [0.3, 0.4) is 0 Å². The maximum Gasteiger partial charge on any atom is 0.410 e. The molecule has 1 N–H and O–H groups in total. The number of ether oxygens (including phenoxy) is 2. The third kappa shape index (κ3) is 4.15. The minimum atomic E-state index is -1.55. The Balaban J connectivity index is 1.46. The van der Waals surface area contributed by atoms with Gasteiger partial charge >= 0.3 is 6.09 Å². The Bertz CT molecular complexity index is 910. The number of rotatable bonds is 4. The highest BCUT2D eigenvalue weighted by Crippen LogP contribution is 2.37. The summed E-state index contributed by atoms with van der Waals surface area (Å²) >= 11 is 0. The summed E-state index contributed by atoms with van der Waals surface area (Å²) in [5, 5.41) is 11.1. The van der Waals surface area contributed by atoms with Gasteiger partial charge in [-0.15, -0.1) is 0 Å². The molecule has 2 atom stereocenters. The van der Waals surface area contributed by atoms with Crippen molar-refractivity contribution in [2.45, 2.75) is 43.6 Å². The van der Waals surface area contributed by atoms with Crippen molar-refractivity contribution >= 4 is 6.09 Å². The highest BCUT2D eigenvalue weighted by molar-refractivity contribution is 5.69. The van der Waals surface area contributed by atoms with Crippen molar-refractivity contribution in [3.8, 4) is 0 Å². The topological polar surface area (TPSA) is 59.0 Å². The number of aliphatic hydroxyl groups is 1. The van der Waals surface area contributed by atoms with Crippen molar-refractivity contribution in [2.24, 2.45) is 0 Å². The molecular weight excluding hydrogens is 399 g/mol. The van der Waals surface area contributed by atoms with Crippen molar-refractivity contribution in [1.29, 1.82) is 0 Å². The highest BCUT2D eigenvalue weighted by Gasteiger charge is 2.49. The van der Waals surface area contributed by atoms with E-state index in [0.717, 1.165) is 17.7 Å². The molecule has 160 valence electrons. The lowest BCUT2D eigenvalue weighted by molar-refractivity contribution is -0.133. The summed E-state index contributed by atoms with van der Waals surface area (Å²) in [5.41, 5.74) is -0.620. The molecule has 2 aromatic carbocycles. The molecule has 2 bridgehead atoms. The molecule has 0 spiro atoms. The van der Waals surface area contributed by atoms with E-state index in [1.807, 2.05) is 30.3 Å². The number of hydrogen-bond acceptors (Lipinski definition) is 4. The minimum absolute atomic E-state index is 0.101. The van der Waals surface area contributed by atoms with Crippen molar-refractivity contribution in [2.75, 3.05) is 13.2 Å². The molecule has 2 fully saturated rings. The van der Waals surface area contributed by atoms with Gasteiger partial charge in [0.15, 0.2) is 17.5 Å². The van der Waals surface area contributed by atoms with Crippen molar-refractivity contribution in [3.63, 3.8) is 0 Å². The van der Waals surface area contributed by atoms with Gasteiger partial charge in [-0.2, -0.15) is 0 Å². The Labute approximate surface area is 172 Å². The van der Waals surface area contributed by atoms with E-state index < -0.39 is 41.2 Å². The number of halogens is 3. The van der Waals surface area contributed by atoms with E-state index in [1.54, 1.807) is 4.90 Å². The van der Waals surface area contributed by atoms with E-state index >= 15 is 0 Å². The first-order valence-corrected chi connectivity index (χ1v) is 9.78. The van der Waals surface area contributed by atoms with E-state index in [9.17, 15) is 23.1 Å². The van der Waals surface area contributed by atoms with Crippen molar-refractivity contribution in [3.05, 3.63) is 71.0 Å². The molecule has 0 radical (unpaired) electrons. The summed E-state index contributed by atoms with van der Waals surface area (Å²) in [5.74, 6) is -4.12. The first-order valence-electron chi connectivity index (χ1n) is 9.78. The van der Waals surface area contributed by atoms with Gasteiger partial charge < -0.3 is 14.6 Å². The van der Waals surface area contributed by atoms with Crippen LogP contribution in [-0.4, -0.2) is 47.0 Å². The lowest BCUT2D eigenvalue weighted by atomic mass is 9.77. The number of hydrogen-bond donors (Lipinski definition) is 1. The molecule has 0 aliphatic carbocycles. The van der Waals surface area contributed by atoms with Gasteiger partial charge in [0.1, 0.15) is 6.61 Å². The lowest BCUT2D eigenvalue weighted by Crippen LogP contribution is -2.64. The Morgan fingerprint density at radius 1 is 1.07 bits per heavy atom. The van der Waals surface area contributed by atoms with Crippen molar-refractivity contribution < 1.29 is 32.5 Å². The predicted octanol–water partition coefficient (Wildman–Crippen LogP) is 3.58. The number of morpholine rings is 1. The summed E-state index contributed by atoms with van der Waals surface area (Å²) in [6, 6.07) is 10.3. The quantitative estimate of drug-likeness (QED) is 0.767. The summed E-state index contributed by atoms with van der Waals surface area (Å²) in [7, 11) is 0. The monoisotopic (exact) mass is 421 g/mol. The number of amides is 1. The Hall–Kier alpha value is -2.58. The average molecular weight is 421 g/mol. The maximum atomic E-state index is 14.1. The van der Waals surface area contributed by atoms with Crippen LogP contribution in [0.15, 0.2) is 42.5 Å². The Kier molecular flexibility index (Phi) is 5.71. The van der Waals surface area contributed by atoms with Gasteiger partial charge in [0.2, 0.25) is 0 Å². The Morgan fingerprint density at radius 3 is 2.40 bits per heavy atom. The molecular formula is C22H22F3NO4. The van der Waals surface area contributed by atoms with Crippen LogP contribution in [0.2, 0.25) is 0 Å². The van der Waals surface area contributed by atoms with Gasteiger partial charge in [-0.25, -0.2) is 18.0 Å². The molecule has 1 amide bonds. The predicted molar refractivity (Wildman–Crippen MR) is 101 cm³/mol. The second-order valence-corrected chi connectivity index (χ2v) is 7.94. The largest absolute Gasteiger partial charge is 0.445 e. The van der Waals surface area contributed by atoms with Gasteiger partial charge in [0, 0.05) is 6.42 Å². The smallest absolute Gasteiger partial charge is 0.410 e. The van der Waals surface area contributed by atoms with Gasteiger partial charge in [-0.3, -0.25) is 4.90 Å². The van der Waals surface area contributed by atoms with Gasteiger partial charge in [0.25, 0.3) is 0 Å². The zero-order valence-electron chi connectivity index (χ0n) is 16.2. The summed E-state index contributed by atoms with van der Waals surface area (Å²) in [6.07, 6.45) is -0.459. The lowest BCUT2D eigenvalue weighted by Gasteiger charge is -2.51. The van der Waals surface area contributed by atoms with Crippen LogP contribution in [0.4, 0.5) is 18.0 Å². The molecule has 30 heavy (non-hydrogen) atoms. The first kappa shape index (κ1) is 20.7. The molecule has 2 saturated heterocycles. The van der Waals surface area contributed by atoms with Crippen LogP contribution in [0, 0.1) is 17.5 Å². The first-order chi connectivity index (χ1) is 14.4. The van der Waals surface area contributed by atoms with E-state index in [2.05, 4.69) is 0 Å². The third-order valence-corrected chi connectivity index (χ3v) is 5.69. The Morgan fingerprint density at radius 2 is 1.73 bits per heavy atom. The van der Waals surface area contributed by atoms with Gasteiger partial charge in [-0.05, 0) is 30.0 Å². The van der Waals surface area contributed by atoms with Crippen LogP contribution in [0.1, 0.15) is 24.0 Å².